The van der Waals surface area contributed by atoms with Crippen molar-refractivity contribution in [1.29, 1.82) is 0 Å². The average molecular weight is 209 g/mol. The molecule has 5 heteroatoms. The van der Waals surface area contributed by atoms with Crippen LogP contribution < -0.4 is 4.90 Å². The van der Waals surface area contributed by atoms with E-state index in [2.05, 4.69) is 14.7 Å². The Balaban J connectivity index is 2.97. The Bertz CT molecular complexity index is 352. The number of aromatic nitrogens is 2. The summed E-state index contributed by atoms with van der Waals surface area (Å²) in [5.41, 5.74) is 0. The Labute approximate surface area is 89.1 Å². The molecular formula is C10H15N3O2. The Morgan fingerprint density at radius 2 is 2.20 bits per heavy atom. The van der Waals surface area contributed by atoms with Gasteiger partial charge in [0.25, 0.3) is 0 Å². The summed E-state index contributed by atoms with van der Waals surface area (Å²) in [4.78, 5) is 21.1. The third kappa shape index (κ3) is 2.65. The lowest BCUT2D eigenvalue weighted by Gasteiger charge is -2.22. The van der Waals surface area contributed by atoms with E-state index in [1.807, 2.05) is 25.8 Å². The van der Waals surface area contributed by atoms with Crippen molar-refractivity contribution < 1.29 is 9.53 Å². The number of ether oxygens (including phenoxy) is 1. The van der Waals surface area contributed by atoms with Gasteiger partial charge in [0, 0.05) is 19.3 Å². The molecule has 0 aliphatic rings. The van der Waals surface area contributed by atoms with E-state index < -0.39 is 5.97 Å². The van der Waals surface area contributed by atoms with Crippen molar-refractivity contribution >= 4 is 11.8 Å². The average Bonchev–Trinajstić information content (AvgIpc) is 2.27. The number of methoxy groups -OCH3 is 1. The highest BCUT2D eigenvalue weighted by Crippen LogP contribution is 2.10. The van der Waals surface area contributed by atoms with Crippen LogP contribution in [0, 0.1) is 0 Å². The second kappa shape index (κ2) is 4.72. The highest BCUT2D eigenvalue weighted by molar-refractivity contribution is 5.85. The molecule has 0 amide bonds. The van der Waals surface area contributed by atoms with Crippen molar-refractivity contribution in [3.05, 3.63) is 18.1 Å². The Morgan fingerprint density at radius 3 is 2.73 bits per heavy atom. The van der Waals surface area contributed by atoms with E-state index in [-0.39, 0.29) is 5.82 Å². The van der Waals surface area contributed by atoms with Crippen LogP contribution in [0.2, 0.25) is 0 Å². The van der Waals surface area contributed by atoms with Gasteiger partial charge < -0.3 is 9.64 Å². The lowest BCUT2D eigenvalue weighted by Crippen LogP contribution is -2.27. The van der Waals surface area contributed by atoms with E-state index in [0.29, 0.717) is 11.9 Å². The van der Waals surface area contributed by atoms with E-state index in [1.54, 1.807) is 12.3 Å². The van der Waals surface area contributed by atoms with Crippen LogP contribution in [0.1, 0.15) is 24.5 Å². The van der Waals surface area contributed by atoms with Crippen molar-refractivity contribution in [2.24, 2.45) is 0 Å². The molecule has 0 spiro atoms. The standard InChI is InChI=1S/C10H15N3O2/c1-7(2)13(3)8-5-6-11-9(12-8)10(14)15-4/h5-7H,1-4H3. The molecule has 0 aliphatic carbocycles. The second-order valence-electron chi connectivity index (χ2n) is 3.43. The molecule has 82 valence electrons. The smallest absolute Gasteiger partial charge is 0.376 e. The quantitative estimate of drug-likeness (QED) is 0.698. The zero-order chi connectivity index (χ0) is 11.4. The van der Waals surface area contributed by atoms with Crippen LogP contribution in [0.5, 0.6) is 0 Å². The molecule has 15 heavy (non-hydrogen) atoms. The number of carbonyl (C=O) groups is 1. The van der Waals surface area contributed by atoms with Crippen molar-refractivity contribution in [2.75, 3.05) is 19.1 Å². The van der Waals surface area contributed by atoms with E-state index >= 15 is 0 Å². The zero-order valence-electron chi connectivity index (χ0n) is 9.39. The Hall–Kier alpha value is -1.65. The van der Waals surface area contributed by atoms with Crippen molar-refractivity contribution in [3.8, 4) is 0 Å². The fourth-order valence-electron chi connectivity index (χ4n) is 1.000. The molecule has 0 fully saturated rings. The zero-order valence-corrected chi connectivity index (χ0v) is 9.39. The van der Waals surface area contributed by atoms with Gasteiger partial charge in [0.15, 0.2) is 0 Å². The Morgan fingerprint density at radius 1 is 1.53 bits per heavy atom. The van der Waals surface area contributed by atoms with Gasteiger partial charge in [-0.25, -0.2) is 14.8 Å². The van der Waals surface area contributed by atoms with Gasteiger partial charge in [-0.1, -0.05) is 0 Å². The maximum Gasteiger partial charge on any atom is 0.376 e. The molecule has 0 atom stereocenters. The summed E-state index contributed by atoms with van der Waals surface area (Å²) in [6, 6.07) is 2.07. The fraction of sp³-hybridized carbons (Fsp3) is 0.500. The van der Waals surface area contributed by atoms with Crippen molar-refractivity contribution in [1.82, 2.24) is 9.97 Å². The maximum absolute atomic E-state index is 11.2. The van der Waals surface area contributed by atoms with Crippen LogP contribution in [0.3, 0.4) is 0 Å². The first kappa shape index (κ1) is 11.4. The lowest BCUT2D eigenvalue weighted by atomic mass is 10.3. The minimum Gasteiger partial charge on any atom is -0.463 e. The molecule has 1 rings (SSSR count). The number of esters is 1. The van der Waals surface area contributed by atoms with Gasteiger partial charge in [0.2, 0.25) is 5.82 Å². The van der Waals surface area contributed by atoms with Crippen molar-refractivity contribution in [3.63, 3.8) is 0 Å². The summed E-state index contributed by atoms with van der Waals surface area (Å²) in [6.45, 7) is 4.08. The molecule has 5 nitrogen and oxygen atoms in total. The van der Waals surface area contributed by atoms with Crippen LogP contribution in [-0.2, 0) is 4.74 Å². The maximum atomic E-state index is 11.2. The third-order valence-corrected chi connectivity index (χ3v) is 2.14. The minimum atomic E-state index is -0.519. The summed E-state index contributed by atoms with van der Waals surface area (Å²) >= 11 is 0. The van der Waals surface area contributed by atoms with Crippen LogP contribution in [0.25, 0.3) is 0 Å². The van der Waals surface area contributed by atoms with Crippen LogP contribution in [-0.4, -0.2) is 36.1 Å². The normalized spacial score (nSPS) is 10.2. The molecule has 0 aliphatic heterocycles. The summed E-state index contributed by atoms with van der Waals surface area (Å²) in [6.07, 6.45) is 1.55. The number of rotatable bonds is 3. The van der Waals surface area contributed by atoms with Gasteiger partial charge in [0.1, 0.15) is 5.82 Å². The molecule has 0 N–H and O–H groups in total. The predicted molar refractivity (Wildman–Crippen MR) is 56.9 cm³/mol. The van der Waals surface area contributed by atoms with Gasteiger partial charge in [-0.15, -0.1) is 0 Å². The fourth-order valence-corrected chi connectivity index (χ4v) is 1.000. The van der Waals surface area contributed by atoms with Crippen LogP contribution in [0.4, 0.5) is 5.82 Å². The summed E-state index contributed by atoms with van der Waals surface area (Å²) in [5, 5.41) is 0. The second-order valence-corrected chi connectivity index (χ2v) is 3.43. The van der Waals surface area contributed by atoms with Gasteiger partial charge in [-0.05, 0) is 19.9 Å². The monoisotopic (exact) mass is 209 g/mol. The molecule has 0 aromatic carbocycles. The first-order valence-electron chi connectivity index (χ1n) is 4.70. The number of hydrogen-bond acceptors (Lipinski definition) is 5. The molecule has 0 bridgehead atoms. The Kier molecular flexibility index (Phi) is 3.60. The molecular weight excluding hydrogens is 194 g/mol. The number of anilines is 1. The molecule has 1 heterocycles. The van der Waals surface area contributed by atoms with Gasteiger partial charge in [-0.3, -0.25) is 0 Å². The number of hydrogen-bond donors (Lipinski definition) is 0. The lowest BCUT2D eigenvalue weighted by molar-refractivity contribution is 0.0587. The van der Waals surface area contributed by atoms with Gasteiger partial charge in [0.05, 0.1) is 7.11 Å². The molecule has 0 unspecified atom stereocenters. The predicted octanol–water partition coefficient (Wildman–Crippen LogP) is 1.11. The number of nitrogens with zero attached hydrogens (tertiary/aromatic N) is 3. The SMILES string of the molecule is COC(=O)c1nccc(N(C)C(C)C)n1. The third-order valence-electron chi connectivity index (χ3n) is 2.14. The van der Waals surface area contributed by atoms with Gasteiger partial charge >= 0.3 is 5.97 Å². The molecule has 1 aromatic rings. The van der Waals surface area contributed by atoms with E-state index in [1.165, 1.54) is 7.11 Å². The van der Waals surface area contributed by atoms with Crippen molar-refractivity contribution in [2.45, 2.75) is 19.9 Å². The van der Waals surface area contributed by atoms with Crippen LogP contribution in [0.15, 0.2) is 12.3 Å². The van der Waals surface area contributed by atoms with Gasteiger partial charge in [-0.2, -0.15) is 0 Å². The van der Waals surface area contributed by atoms with E-state index in [4.69, 9.17) is 0 Å². The summed E-state index contributed by atoms with van der Waals surface area (Å²) < 4.78 is 4.55. The highest BCUT2D eigenvalue weighted by Gasteiger charge is 2.12. The highest BCUT2D eigenvalue weighted by atomic mass is 16.5. The van der Waals surface area contributed by atoms with Crippen LogP contribution >= 0.6 is 0 Å². The van der Waals surface area contributed by atoms with E-state index in [0.717, 1.165) is 0 Å². The molecule has 0 saturated carbocycles. The van der Waals surface area contributed by atoms with E-state index in [9.17, 15) is 4.79 Å². The minimum absolute atomic E-state index is 0.0856. The molecule has 1 aromatic heterocycles. The summed E-state index contributed by atoms with van der Waals surface area (Å²) in [5.74, 6) is 0.275. The first-order valence-corrected chi connectivity index (χ1v) is 4.70. The first-order chi connectivity index (χ1) is 7.06. The molecule has 0 radical (unpaired) electrons. The largest absolute Gasteiger partial charge is 0.463 e. The molecule has 0 saturated heterocycles. The number of carbonyl (C=O) groups excluding carboxylic acids is 1. The topological polar surface area (TPSA) is 55.3 Å². The summed E-state index contributed by atoms with van der Waals surface area (Å²) in [7, 11) is 3.22.